The Hall–Kier alpha value is -2.73. The van der Waals surface area contributed by atoms with Crippen LogP contribution in [0.2, 0.25) is 5.02 Å². The van der Waals surface area contributed by atoms with Crippen LogP contribution < -0.4 is 5.32 Å². The lowest BCUT2D eigenvalue weighted by Crippen LogP contribution is -2.21. The SMILES string of the molecule is Cc1cc(C)c(NC(=O)COC(=O)CCC(=O)c2ccc(F)cc2)c(Cl)c1. The molecule has 0 heterocycles. The minimum atomic E-state index is -0.674. The van der Waals surface area contributed by atoms with Crippen LogP contribution in [0.25, 0.3) is 0 Å². The van der Waals surface area contributed by atoms with Gasteiger partial charge in [-0.1, -0.05) is 17.7 Å². The van der Waals surface area contributed by atoms with Crippen molar-refractivity contribution in [1.82, 2.24) is 0 Å². The number of carbonyl (C=O) groups excluding carboxylic acids is 3. The molecule has 1 amide bonds. The summed E-state index contributed by atoms with van der Waals surface area (Å²) in [7, 11) is 0. The summed E-state index contributed by atoms with van der Waals surface area (Å²) in [5.41, 5.74) is 2.54. The first-order valence-electron chi connectivity index (χ1n) is 8.27. The number of aryl methyl sites for hydroxylation is 2. The number of ether oxygens (including phenoxy) is 1. The second-order valence-electron chi connectivity index (χ2n) is 6.08. The van der Waals surface area contributed by atoms with Crippen LogP contribution >= 0.6 is 11.6 Å². The van der Waals surface area contributed by atoms with Crippen molar-refractivity contribution in [2.75, 3.05) is 11.9 Å². The predicted octanol–water partition coefficient (Wildman–Crippen LogP) is 4.24. The molecule has 0 spiro atoms. The Kier molecular flexibility index (Phi) is 7.07. The summed E-state index contributed by atoms with van der Waals surface area (Å²) in [4.78, 5) is 35.6. The minimum absolute atomic E-state index is 0.0883. The summed E-state index contributed by atoms with van der Waals surface area (Å²) < 4.78 is 17.7. The van der Waals surface area contributed by atoms with Gasteiger partial charge in [-0.15, -0.1) is 0 Å². The van der Waals surface area contributed by atoms with Gasteiger partial charge < -0.3 is 10.1 Å². The number of nitrogens with one attached hydrogen (secondary N) is 1. The fraction of sp³-hybridized carbons (Fsp3) is 0.250. The van der Waals surface area contributed by atoms with E-state index >= 15 is 0 Å². The lowest BCUT2D eigenvalue weighted by Gasteiger charge is -2.11. The van der Waals surface area contributed by atoms with Crippen LogP contribution in [0.4, 0.5) is 10.1 Å². The molecule has 142 valence electrons. The van der Waals surface area contributed by atoms with Gasteiger partial charge in [-0.3, -0.25) is 14.4 Å². The van der Waals surface area contributed by atoms with Crippen molar-refractivity contribution in [3.05, 3.63) is 63.9 Å². The second kappa shape index (κ2) is 9.28. The predicted molar refractivity (Wildman–Crippen MR) is 100 cm³/mol. The van der Waals surface area contributed by atoms with Crippen molar-refractivity contribution in [1.29, 1.82) is 0 Å². The maximum absolute atomic E-state index is 12.8. The van der Waals surface area contributed by atoms with E-state index in [0.717, 1.165) is 11.1 Å². The number of anilines is 1. The van der Waals surface area contributed by atoms with Crippen LogP contribution in [0, 0.1) is 19.7 Å². The first-order chi connectivity index (χ1) is 12.8. The van der Waals surface area contributed by atoms with E-state index in [1.54, 1.807) is 6.07 Å². The van der Waals surface area contributed by atoms with Crippen molar-refractivity contribution in [3.8, 4) is 0 Å². The molecule has 0 saturated heterocycles. The number of hydrogen-bond donors (Lipinski definition) is 1. The maximum atomic E-state index is 12.8. The van der Waals surface area contributed by atoms with Crippen molar-refractivity contribution in [3.63, 3.8) is 0 Å². The molecule has 0 radical (unpaired) electrons. The summed E-state index contributed by atoms with van der Waals surface area (Å²) >= 11 is 6.11. The molecule has 2 aromatic rings. The second-order valence-corrected chi connectivity index (χ2v) is 6.48. The number of rotatable bonds is 7. The van der Waals surface area contributed by atoms with Crippen molar-refractivity contribution in [2.24, 2.45) is 0 Å². The molecule has 0 atom stereocenters. The number of hydrogen-bond acceptors (Lipinski definition) is 4. The van der Waals surface area contributed by atoms with E-state index in [2.05, 4.69) is 5.32 Å². The van der Waals surface area contributed by atoms with Crippen LogP contribution in [0.1, 0.15) is 34.3 Å². The minimum Gasteiger partial charge on any atom is -0.456 e. The summed E-state index contributed by atoms with van der Waals surface area (Å²) in [6.07, 6.45) is -0.261. The van der Waals surface area contributed by atoms with Crippen LogP contribution in [-0.2, 0) is 14.3 Å². The smallest absolute Gasteiger partial charge is 0.306 e. The number of benzene rings is 2. The van der Waals surface area contributed by atoms with E-state index in [4.69, 9.17) is 16.3 Å². The average Bonchev–Trinajstić information content (AvgIpc) is 2.61. The highest BCUT2D eigenvalue weighted by Gasteiger charge is 2.14. The van der Waals surface area contributed by atoms with Crippen LogP contribution in [0.5, 0.6) is 0 Å². The van der Waals surface area contributed by atoms with E-state index in [-0.39, 0.29) is 18.6 Å². The average molecular weight is 392 g/mol. The molecule has 1 N–H and O–H groups in total. The number of Topliss-reactive ketones (excluding diaryl/α,β-unsaturated/α-hetero) is 1. The Balaban J connectivity index is 1.79. The zero-order valence-corrected chi connectivity index (χ0v) is 15.7. The number of amides is 1. The maximum Gasteiger partial charge on any atom is 0.306 e. The largest absolute Gasteiger partial charge is 0.456 e. The Labute approximate surface area is 161 Å². The first kappa shape index (κ1) is 20.6. The number of esters is 1. The molecule has 0 fully saturated rings. The quantitative estimate of drug-likeness (QED) is 0.566. The number of carbonyl (C=O) groups is 3. The normalized spacial score (nSPS) is 10.4. The molecule has 5 nitrogen and oxygen atoms in total. The Bertz CT molecular complexity index is 842. The Morgan fingerprint density at radius 1 is 1.07 bits per heavy atom. The first-order valence-corrected chi connectivity index (χ1v) is 8.65. The van der Waals surface area contributed by atoms with Crippen molar-refractivity contribution in [2.45, 2.75) is 26.7 Å². The van der Waals surface area contributed by atoms with Gasteiger partial charge in [0, 0.05) is 12.0 Å². The molecule has 0 aliphatic heterocycles. The molecule has 2 rings (SSSR count). The van der Waals surface area contributed by atoms with E-state index < -0.39 is 24.3 Å². The molecule has 0 bridgehead atoms. The molecule has 2 aromatic carbocycles. The topological polar surface area (TPSA) is 72.5 Å². The zero-order chi connectivity index (χ0) is 20.0. The molecule has 0 unspecified atom stereocenters. The molecule has 7 heteroatoms. The molecule has 0 aromatic heterocycles. The summed E-state index contributed by atoms with van der Waals surface area (Å²) in [5, 5.41) is 3.01. The van der Waals surface area contributed by atoms with Gasteiger partial charge in [0.2, 0.25) is 0 Å². The third-order valence-electron chi connectivity index (χ3n) is 3.78. The van der Waals surface area contributed by atoms with Crippen molar-refractivity contribution < 1.29 is 23.5 Å². The standard InChI is InChI=1S/C20H19ClFNO4/c1-12-9-13(2)20(16(21)10-12)23-18(25)11-27-19(26)8-7-17(24)14-3-5-15(22)6-4-14/h3-6,9-10H,7-8,11H2,1-2H3,(H,23,25). The van der Waals surface area contributed by atoms with Crippen LogP contribution in [-0.4, -0.2) is 24.3 Å². The zero-order valence-electron chi connectivity index (χ0n) is 15.0. The Morgan fingerprint density at radius 2 is 1.74 bits per heavy atom. The molecule has 0 saturated carbocycles. The molecule has 0 aliphatic rings. The number of ketones is 1. The van der Waals surface area contributed by atoms with E-state index in [1.807, 2.05) is 19.9 Å². The third kappa shape index (κ3) is 6.18. The summed E-state index contributed by atoms with van der Waals surface area (Å²) in [5.74, 6) is -1.95. The summed E-state index contributed by atoms with van der Waals surface area (Å²) in [6, 6.07) is 8.64. The fourth-order valence-corrected chi connectivity index (χ4v) is 2.83. The van der Waals surface area contributed by atoms with Gasteiger partial charge in [-0.2, -0.15) is 0 Å². The third-order valence-corrected chi connectivity index (χ3v) is 4.08. The summed E-state index contributed by atoms with van der Waals surface area (Å²) in [6.45, 7) is 3.22. The van der Waals surface area contributed by atoms with Crippen LogP contribution in [0.15, 0.2) is 36.4 Å². The highest BCUT2D eigenvalue weighted by atomic mass is 35.5. The highest BCUT2D eigenvalue weighted by molar-refractivity contribution is 6.34. The molecular weight excluding hydrogens is 373 g/mol. The fourth-order valence-electron chi connectivity index (χ4n) is 2.46. The van der Waals surface area contributed by atoms with Gasteiger partial charge in [0.15, 0.2) is 12.4 Å². The van der Waals surface area contributed by atoms with Gasteiger partial charge in [0.1, 0.15) is 5.82 Å². The van der Waals surface area contributed by atoms with E-state index in [0.29, 0.717) is 16.3 Å². The van der Waals surface area contributed by atoms with Gasteiger partial charge in [0.25, 0.3) is 5.91 Å². The van der Waals surface area contributed by atoms with Gasteiger partial charge in [0.05, 0.1) is 17.1 Å². The lowest BCUT2D eigenvalue weighted by atomic mass is 10.1. The highest BCUT2D eigenvalue weighted by Crippen LogP contribution is 2.27. The van der Waals surface area contributed by atoms with Gasteiger partial charge in [-0.05, 0) is 55.3 Å². The van der Waals surface area contributed by atoms with Gasteiger partial charge >= 0.3 is 5.97 Å². The van der Waals surface area contributed by atoms with E-state index in [1.165, 1.54) is 24.3 Å². The van der Waals surface area contributed by atoms with Crippen molar-refractivity contribution >= 4 is 34.9 Å². The lowest BCUT2D eigenvalue weighted by molar-refractivity contribution is -0.147. The monoisotopic (exact) mass is 391 g/mol. The molecule has 0 aliphatic carbocycles. The molecule has 27 heavy (non-hydrogen) atoms. The van der Waals surface area contributed by atoms with Crippen LogP contribution in [0.3, 0.4) is 0 Å². The Morgan fingerprint density at radius 3 is 2.37 bits per heavy atom. The molecular formula is C20H19ClFNO4. The van der Waals surface area contributed by atoms with E-state index in [9.17, 15) is 18.8 Å². The van der Waals surface area contributed by atoms with Gasteiger partial charge in [-0.25, -0.2) is 4.39 Å². The number of halogens is 2.